The number of carbonyl (C=O) groups excluding carboxylic acids is 1. The fraction of sp³-hybridized carbons (Fsp3) is 0.909. The number of primary amides is 1. The van der Waals surface area contributed by atoms with Crippen molar-refractivity contribution in [2.75, 3.05) is 13.1 Å². The highest BCUT2D eigenvalue weighted by Gasteiger charge is 2.49. The number of nitrogens with two attached hydrogens (primary N) is 1. The van der Waals surface area contributed by atoms with Gasteiger partial charge >= 0.3 is 0 Å². The Morgan fingerprint density at radius 1 is 1.36 bits per heavy atom. The molecule has 0 aliphatic carbocycles. The van der Waals surface area contributed by atoms with E-state index in [0.717, 1.165) is 13.1 Å². The van der Waals surface area contributed by atoms with Gasteiger partial charge in [0.25, 0.3) is 0 Å². The Balaban J connectivity index is 3.01. The van der Waals surface area contributed by atoms with Crippen molar-refractivity contribution in [2.45, 2.75) is 27.7 Å². The number of carbonyl (C=O) groups is 1. The van der Waals surface area contributed by atoms with Crippen LogP contribution in [0.25, 0.3) is 0 Å². The highest BCUT2D eigenvalue weighted by Crippen LogP contribution is 2.45. The Bertz CT molecular complexity index is 215. The number of hydrogen-bond acceptors (Lipinski definition) is 2. The molecule has 1 fully saturated rings. The Morgan fingerprint density at radius 3 is 2.14 bits per heavy atom. The Kier molecular flexibility index (Phi) is 3.20. The van der Waals surface area contributed by atoms with E-state index in [9.17, 15) is 4.79 Å². The minimum absolute atomic E-state index is 0.0116. The van der Waals surface area contributed by atoms with Crippen molar-refractivity contribution in [3.63, 3.8) is 0 Å². The lowest BCUT2D eigenvalue weighted by Gasteiger charge is -2.41. The quantitative estimate of drug-likeness (QED) is 0.710. The smallest absolute Gasteiger partial charge is 0.222 e. The van der Waals surface area contributed by atoms with Crippen LogP contribution in [0.1, 0.15) is 27.7 Å². The zero-order chi connectivity index (χ0) is 10.9. The first-order chi connectivity index (χ1) is 6.43. The summed E-state index contributed by atoms with van der Waals surface area (Å²) in [5.74, 6) is 0.796. The molecule has 1 atom stereocenters. The minimum atomic E-state index is -0.155. The molecule has 3 nitrogen and oxygen atoms in total. The molecule has 3 heteroatoms. The molecule has 14 heavy (non-hydrogen) atoms. The van der Waals surface area contributed by atoms with Crippen LogP contribution in [0, 0.1) is 23.2 Å². The van der Waals surface area contributed by atoms with Gasteiger partial charge < -0.3 is 11.1 Å². The molecule has 1 aliphatic rings. The summed E-state index contributed by atoms with van der Waals surface area (Å²) in [7, 11) is 0. The van der Waals surface area contributed by atoms with Gasteiger partial charge in [-0.2, -0.15) is 0 Å². The van der Waals surface area contributed by atoms with Crippen molar-refractivity contribution in [3.8, 4) is 0 Å². The molecule has 1 rings (SSSR count). The summed E-state index contributed by atoms with van der Waals surface area (Å²) >= 11 is 0. The molecule has 1 heterocycles. The molecule has 0 bridgehead atoms. The van der Waals surface area contributed by atoms with Crippen LogP contribution in [0.3, 0.4) is 0 Å². The van der Waals surface area contributed by atoms with E-state index >= 15 is 0 Å². The molecule has 1 saturated heterocycles. The van der Waals surface area contributed by atoms with Gasteiger partial charge in [0.2, 0.25) is 5.91 Å². The first kappa shape index (κ1) is 11.5. The lowest BCUT2D eigenvalue weighted by molar-refractivity contribution is -0.126. The Hall–Kier alpha value is -0.570. The molecule has 0 aromatic carbocycles. The average molecular weight is 198 g/mol. The number of rotatable bonds is 3. The molecule has 0 aromatic heterocycles. The summed E-state index contributed by atoms with van der Waals surface area (Å²) in [5.41, 5.74) is 5.52. The van der Waals surface area contributed by atoms with E-state index < -0.39 is 0 Å². The summed E-state index contributed by atoms with van der Waals surface area (Å²) in [6, 6.07) is 0. The summed E-state index contributed by atoms with van der Waals surface area (Å²) in [6.45, 7) is 10.4. The lowest BCUT2D eigenvalue weighted by Crippen LogP contribution is -2.46. The highest BCUT2D eigenvalue weighted by atomic mass is 16.1. The summed E-state index contributed by atoms with van der Waals surface area (Å²) in [4.78, 5) is 11.4. The second-order valence-corrected chi connectivity index (χ2v) is 5.01. The second-order valence-electron chi connectivity index (χ2n) is 5.01. The van der Waals surface area contributed by atoms with Gasteiger partial charge in [0.15, 0.2) is 0 Å². The molecule has 1 aliphatic heterocycles. The Morgan fingerprint density at radius 2 is 1.86 bits per heavy atom. The molecule has 0 aromatic rings. The van der Waals surface area contributed by atoms with Crippen LogP contribution < -0.4 is 11.1 Å². The zero-order valence-corrected chi connectivity index (χ0v) is 9.63. The third kappa shape index (κ3) is 1.54. The van der Waals surface area contributed by atoms with Crippen LogP contribution >= 0.6 is 0 Å². The molecule has 0 radical (unpaired) electrons. The van der Waals surface area contributed by atoms with Crippen LogP contribution in [0.5, 0.6) is 0 Å². The zero-order valence-electron chi connectivity index (χ0n) is 9.63. The normalized spacial score (nSPS) is 26.0. The third-order valence-corrected chi connectivity index (χ3v) is 3.92. The van der Waals surface area contributed by atoms with Gasteiger partial charge in [0.05, 0.1) is 5.92 Å². The molecular weight excluding hydrogens is 176 g/mol. The van der Waals surface area contributed by atoms with Crippen LogP contribution in [-0.2, 0) is 4.79 Å². The predicted octanol–water partition coefficient (Wildman–Crippen LogP) is 0.989. The van der Waals surface area contributed by atoms with Gasteiger partial charge in [-0.25, -0.2) is 0 Å². The molecule has 1 amide bonds. The van der Waals surface area contributed by atoms with Crippen molar-refractivity contribution < 1.29 is 4.79 Å². The SMILES string of the molecule is CC(C)C1(C(C)C)CNCC1C(N)=O. The molecule has 1 unspecified atom stereocenters. The first-order valence-electron chi connectivity index (χ1n) is 5.43. The van der Waals surface area contributed by atoms with Crippen LogP contribution in [0.4, 0.5) is 0 Å². The van der Waals surface area contributed by atoms with E-state index in [-0.39, 0.29) is 17.2 Å². The maximum Gasteiger partial charge on any atom is 0.222 e. The van der Waals surface area contributed by atoms with Crippen LogP contribution in [0.2, 0.25) is 0 Å². The Labute approximate surface area is 86.4 Å². The van der Waals surface area contributed by atoms with Gasteiger partial charge in [0.1, 0.15) is 0 Å². The van der Waals surface area contributed by atoms with Gasteiger partial charge in [0, 0.05) is 18.5 Å². The van der Waals surface area contributed by atoms with Crippen molar-refractivity contribution in [1.82, 2.24) is 5.32 Å². The van der Waals surface area contributed by atoms with Crippen LogP contribution in [0.15, 0.2) is 0 Å². The number of nitrogens with one attached hydrogen (secondary N) is 1. The average Bonchev–Trinajstić information content (AvgIpc) is 2.47. The highest BCUT2D eigenvalue weighted by molar-refractivity contribution is 5.78. The number of hydrogen-bond donors (Lipinski definition) is 2. The fourth-order valence-corrected chi connectivity index (χ4v) is 2.99. The van der Waals surface area contributed by atoms with E-state index in [1.807, 2.05) is 0 Å². The topological polar surface area (TPSA) is 55.1 Å². The van der Waals surface area contributed by atoms with Gasteiger partial charge in [-0.3, -0.25) is 4.79 Å². The van der Waals surface area contributed by atoms with E-state index in [0.29, 0.717) is 11.8 Å². The van der Waals surface area contributed by atoms with Crippen LogP contribution in [-0.4, -0.2) is 19.0 Å². The molecule has 0 spiro atoms. The van der Waals surface area contributed by atoms with Crippen molar-refractivity contribution in [2.24, 2.45) is 28.9 Å². The first-order valence-corrected chi connectivity index (χ1v) is 5.43. The summed E-state index contributed by atoms with van der Waals surface area (Å²) in [6.07, 6.45) is 0. The van der Waals surface area contributed by atoms with Gasteiger partial charge in [-0.15, -0.1) is 0 Å². The predicted molar refractivity (Wildman–Crippen MR) is 57.7 cm³/mol. The van der Waals surface area contributed by atoms with Gasteiger partial charge in [-0.1, -0.05) is 27.7 Å². The second kappa shape index (κ2) is 3.89. The van der Waals surface area contributed by atoms with Gasteiger partial charge in [-0.05, 0) is 11.8 Å². The number of amides is 1. The molecular formula is C11H22N2O. The monoisotopic (exact) mass is 198 g/mol. The maximum atomic E-state index is 11.4. The fourth-order valence-electron chi connectivity index (χ4n) is 2.99. The molecule has 0 saturated carbocycles. The standard InChI is InChI=1S/C11H22N2O/c1-7(2)11(8(3)4)6-13-5-9(11)10(12)14/h7-9,13H,5-6H2,1-4H3,(H2,12,14). The minimum Gasteiger partial charge on any atom is -0.369 e. The van der Waals surface area contributed by atoms with Crippen molar-refractivity contribution in [3.05, 3.63) is 0 Å². The van der Waals surface area contributed by atoms with E-state index in [1.54, 1.807) is 0 Å². The van der Waals surface area contributed by atoms with E-state index in [4.69, 9.17) is 5.73 Å². The van der Waals surface area contributed by atoms with Crippen molar-refractivity contribution in [1.29, 1.82) is 0 Å². The van der Waals surface area contributed by atoms with Crippen molar-refractivity contribution >= 4 is 5.91 Å². The lowest BCUT2D eigenvalue weighted by atomic mass is 9.63. The van der Waals surface area contributed by atoms with E-state index in [2.05, 4.69) is 33.0 Å². The molecule has 82 valence electrons. The largest absolute Gasteiger partial charge is 0.369 e. The summed E-state index contributed by atoms with van der Waals surface area (Å²) in [5, 5.41) is 3.31. The molecule has 3 N–H and O–H groups in total. The maximum absolute atomic E-state index is 11.4. The third-order valence-electron chi connectivity index (χ3n) is 3.92. The summed E-state index contributed by atoms with van der Waals surface area (Å²) < 4.78 is 0. The van der Waals surface area contributed by atoms with E-state index in [1.165, 1.54) is 0 Å².